The highest BCUT2D eigenvalue weighted by atomic mass is 35.5. The number of hydrogen-bond donors (Lipinski definition) is 2. The number of thiazole rings is 1. The van der Waals surface area contributed by atoms with Crippen LogP contribution in [0.15, 0.2) is 42.5 Å². The monoisotopic (exact) mass is 317 g/mol. The molecule has 3 rings (SSSR count). The molecule has 0 aliphatic rings. The first-order chi connectivity index (χ1) is 10.1. The summed E-state index contributed by atoms with van der Waals surface area (Å²) < 4.78 is 0.958. The summed E-state index contributed by atoms with van der Waals surface area (Å²) in [4.78, 5) is 15.6. The highest BCUT2D eigenvalue weighted by molar-refractivity contribution is 7.22. The van der Waals surface area contributed by atoms with E-state index in [1.54, 1.807) is 0 Å². The van der Waals surface area contributed by atoms with Gasteiger partial charge in [0.15, 0.2) is 5.13 Å². The molecule has 6 heteroatoms. The first-order valence-electron chi connectivity index (χ1n) is 6.31. The van der Waals surface area contributed by atoms with Crippen molar-refractivity contribution in [1.29, 1.82) is 0 Å². The van der Waals surface area contributed by atoms with Gasteiger partial charge < -0.3 is 10.6 Å². The molecule has 106 valence electrons. The molecule has 1 aromatic heterocycles. The van der Waals surface area contributed by atoms with Crippen molar-refractivity contribution in [2.24, 2.45) is 0 Å². The maximum atomic E-state index is 11.1. The van der Waals surface area contributed by atoms with E-state index in [9.17, 15) is 4.79 Å². The van der Waals surface area contributed by atoms with Crippen LogP contribution in [0.1, 0.15) is 6.92 Å². The maximum Gasteiger partial charge on any atom is 0.221 e. The average Bonchev–Trinajstić information content (AvgIpc) is 2.82. The summed E-state index contributed by atoms with van der Waals surface area (Å²) in [6.45, 7) is 1.48. The number of nitrogens with one attached hydrogen (secondary N) is 2. The van der Waals surface area contributed by atoms with Gasteiger partial charge in [0.1, 0.15) is 0 Å². The molecule has 0 radical (unpaired) electrons. The first kappa shape index (κ1) is 13.9. The van der Waals surface area contributed by atoms with Crippen molar-refractivity contribution < 1.29 is 4.79 Å². The van der Waals surface area contributed by atoms with E-state index in [0.29, 0.717) is 5.02 Å². The average molecular weight is 318 g/mol. The van der Waals surface area contributed by atoms with Gasteiger partial charge in [-0.1, -0.05) is 35.1 Å². The van der Waals surface area contributed by atoms with Crippen LogP contribution in [0.2, 0.25) is 5.02 Å². The van der Waals surface area contributed by atoms with Gasteiger partial charge in [-0.3, -0.25) is 4.79 Å². The van der Waals surface area contributed by atoms with Gasteiger partial charge in [0, 0.05) is 18.3 Å². The van der Waals surface area contributed by atoms with Crippen LogP contribution in [0.25, 0.3) is 10.2 Å². The van der Waals surface area contributed by atoms with Gasteiger partial charge in [-0.25, -0.2) is 4.98 Å². The maximum absolute atomic E-state index is 11.1. The minimum absolute atomic E-state index is 0.0982. The zero-order chi connectivity index (χ0) is 14.8. The summed E-state index contributed by atoms with van der Waals surface area (Å²) in [6, 6.07) is 13.1. The van der Waals surface area contributed by atoms with E-state index in [0.717, 1.165) is 26.7 Å². The third kappa shape index (κ3) is 3.15. The van der Waals surface area contributed by atoms with Gasteiger partial charge in [-0.2, -0.15) is 0 Å². The molecule has 1 heterocycles. The predicted octanol–water partition coefficient (Wildman–Crippen LogP) is 4.65. The molecule has 2 aromatic carbocycles. The van der Waals surface area contributed by atoms with E-state index in [1.807, 2.05) is 42.5 Å². The number of fused-ring (bicyclic) bond motifs is 1. The molecule has 0 atom stereocenters. The van der Waals surface area contributed by atoms with Crippen molar-refractivity contribution in [2.75, 3.05) is 10.6 Å². The van der Waals surface area contributed by atoms with E-state index < -0.39 is 0 Å². The lowest BCUT2D eigenvalue weighted by molar-refractivity contribution is -0.114. The summed E-state index contributed by atoms with van der Waals surface area (Å²) >= 11 is 7.65. The summed E-state index contributed by atoms with van der Waals surface area (Å²) in [5.74, 6) is -0.0982. The van der Waals surface area contributed by atoms with Gasteiger partial charge in [-0.05, 0) is 30.3 Å². The number of aromatic nitrogens is 1. The molecule has 4 nitrogen and oxygen atoms in total. The smallest absolute Gasteiger partial charge is 0.221 e. The Hall–Kier alpha value is -2.11. The summed E-state index contributed by atoms with van der Waals surface area (Å²) in [5.41, 5.74) is 2.47. The van der Waals surface area contributed by atoms with Crippen molar-refractivity contribution in [3.8, 4) is 0 Å². The van der Waals surface area contributed by atoms with Crippen LogP contribution in [-0.2, 0) is 4.79 Å². The molecular weight excluding hydrogens is 306 g/mol. The van der Waals surface area contributed by atoms with E-state index in [-0.39, 0.29) is 5.91 Å². The minimum Gasteiger partial charge on any atom is -0.331 e. The summed E-state index contributed by atoms with van der Waals surface area (Å²) in [7, 11) is 0. The Labute approximate surface area is 130 Å². The van der Waals surface area contributed by atoms with Crippen LogP contribution < -0.4 is 10.6 Å². The van der Waals surface area contributed by atoms with Crippen LogP contribution in [-0.4, -0.2) is 10.9 Å². The van der Waals surface area contributed by atoms with Crippen LogP contribution in [0.4, 0.5) is 16.5 Å². The summed E-state index contributed by atoms with van der Waals surface area (Å²) in [5, 5.41) is 7.44. The van der Waals surface area contributed by atoms with Crippen LogP contribution in [0.5, 0.6) is 0 Å². The van der Waals surface area contributed by atoms with Crippen LogP contribution in [0.3, 0.4) is 0 Å². The van der Waals surface area contributed by atoms with Crippen molar-refractivity contribution >= 4 is 55.6 Å². The van der Waals surface area contributed by atoms with Crippen LogP contribution >= 0.6 is 22.9 Å². The Balaban J connectivity index is 1.88. The van der Waals surface area contributed by atoms with E-state index in [2.05, 4.69) is 15.6 Å². The second-order valence-electron chi connectivity index (χ2n) is 4.49. The Bertz CT molecular complexity index is 816. The molecule has 0 fully saturated rings. The minimum atomic E-state index is -0.0982. The Morgan fingerprint density at radius 3 is 2.71 bits per heavy atom. The Morgan fingerprint density at radius 2 is 1.95 bits per heavy atom. The third-order valence-electron chi connectivity index (χ3n) is 2.80. The molecular formula is C15H12ClN3OS. The fourth-order valence-electron chi connectivity index (χ4n) is 1.97. The Morgan fingerprint density at radius 1 is 1.19 bits per heavy atom. The lowest BCUT2D eigenvalue weighted by atomic mass is 10.3. The number of hydrogen-bond acceptors (Lipinski definition) is 4. The van der Waals surface area contributed by atoms with Crippen molar-refractivity contribution in [2.45, 2.75) is 6.92 Å². The third-order valence-corrected chi connectivity index (χ3v) is 4.25. The normalized spacial score (nSPS) is 10.6. The molecule has 0 bridgehead atoms. The number of anilines is 3. The van der Waals surface area contributed by atoms with Gasteiger partial charge >= 0.3 is 0 Å². The highest BCUT2D eigenvalue weighted by Gasteiger charge is 2.07. The predicted molar refractivity (Wildman–Crippen MR) is 88.7 cm³/mol. The quantitative estimate of drug-likeness (QED) is 0.739. The molecule has 3 aromatic rings. The molecule has 2 N–H and O–H groups in total. The molecule has 0 aliphatic carbocycles. The van der Waals surface area contributed by atoms with Gasteiger partial charge in [0.2, 0.25) is 5.91 Å². The number of rotatable bonds is 3. The van der Waals surface area contributed by atoms with Crippen molar-refractivity contribution in [3.05, 3.63) is 47.5 Å². The number of amides is 1. The molecule has 21 heavy (non-hydrogen) atoms. The number of benzene rings is 2. The topological polar surface area (TPSA) is 54.0 Å². The second kappa shape index (κ2) is 5.71. The standard InChI is InChI=1S/C15H12ClN3OS/c1-9(20)17-10-4-2-5-11(8-10)18-15-19-13-7-3-6-12(16)14(13)21-15/h2-8H,1H3,(H,17,20)(H,18,19). The second-order valence-corrected chi connectivity index (χ2v) is 5.90. The number of nitrogens with zero attached hydrogens (tertiary/aromatic N) is 1. The number of carbonyl (C=O) groups is 1. The molecule has 0 spiro atoms. The zero-order valence-electron chi connectivity index (χ0n) is 11.2. The van der Waals surface area contributed by atoms with Crippen LogP contribution in [0, 0.1) is 0 Å². The number of carbonyl (C=O) groups excluding carboxylic acids is 1. The van der Waals surface area contributed by atoms with Crippen molar-refractivity contribution in [1.82, 2.24) is 4.98 Å². The lowest BCUT2D eigenvalue weighted by Gasteiger charge is -2.06. The van der Waals surface area contributed by atoms with E-state index in [4.69, 9.17) is 11.6 Å². The van der Waals surface area contributed by atoms with E-state index in [1.165, 1.54) is 18.3 Å². The highest BCUT2D eigenvalue weighted by Crippen LogP contribution is 2.33. The fraction of sp³-hybridized carbons (Fsp3) is 0.0667. The first-order valence-corrected chi connectivity index (χ1v) is 7.51. The molecule has 1 amide bonds. The van der Waals surface area contributed by atoms with E-state index >= 15 is 0 Å². The zero-order valence-corrected chi connectivity index (χ0v) is 12.8. The molecule has 0 aliphatic heterocycles. The fourth-order valence-corrected chi connectivity index (χ4v) is 3.15. The van der Waals surface area contributed by atoms with Gasteiger partial charge in [-0.15, -0.1) is 0 Å². The largest absolute Gasteiger partial charge is 0.331 e. The molecule has 0 saturated carbocycles. The number of halogens is 1. The summed E-state index contributed by atoms with van der Waals surface area (Å²) in [6.07, 6.45) is 0. The lowest BCUT2D eigenvalue weighted by Crippen LogP contribution is -2.05. The molecule has 0 saturated heterocycles. The van der Waals surface area contributed by atoms with Gasteiger partial charge in [0.25, 0.3) is 0 Å². The van der Waals surface area contributed by atoms with Gasteiger partial charge in [0.05, 0.1) is 15.2 Å². The van der Waals surface area contributed by atoms with Crippen molar-refractivity contribution in [3.63, 3.8) is 0 Å². The Kier molecular flexibility index (Phi) is 3.77. The molecule has 0 unspecified atom stereocenters. The SMILES string of the molecule is CC(=O)Nc1cccc(Nc2nc3cccc(Cl)c3s2)c1.